The van der Waals surface area contributed by atoms with E-state index in [4.69, 9.17) is 5.14 Å². The maximum absolute atomic E-state index is 13.2. The van der Waals surface area contributed by atoms with E-state index in [0.717, 1.165) is 0 Å². The molecular formula is C22H23F3N6O5S. The van der Waals surface area contributed by atoms with Gasteiger partial charge in [-0.1, -0.05) is 12.1 Å². The number of aromatic nitrogens is 4. The zero-order chi connectivity index (χ0) is 26.6. The van der Waals surface area contributed by atoms with Crippen molar-refractivity contribution in [2.24, 2.45) is 11.1 Å². The molecule has 1 aliphatic carbocycles. The summed E-state index contributed by atoms with van der Waals surface area (Å²) in [5.74, 6) is -0.504. The first-order valence-corrected chi connectivity index (χ1v) is 12.6. The van der Waals surface area contributed by atoms with E-state index in [2.05, 4.69) is 29.3 Å². The van der Waals surface area contributed by atoms with E-state index in [1.165, 1.54) is 47.7 Å². The number of nitrogens with zero attached hydrogens (tertiary/aromatic N) is 4. The third kappa shape index (κ3) is 7.71. The number of ketones is 1. The summed E-state index contributed by atoms with van der Waals surface area (Å²) < 4.78 is 69.5. The molecule has 1 aromatic carbocycles. The fraction of sp³-hybridized carbons (Fsp3) is 0.364. The summed E-state index contributed by atoms with van der Waals surface area (Å²) in [5, 5.41) is 12.3. The number of benzene rings is 1. The first kappa shape index (κ1) is 26.5. The molecule has 37 heavy (non-hydrogen) atoms. The molecule has 3 aromatic rings. The van der Waals surface area contributed by atoms with E-state index in [-0.39, 0.29) is 42.1 Å². The number of rotatable bonds is 10. The Kier molecular flexibility index (Phi) is 7.75. The van der Waals surface area contributed by atoms with Gasteiger partial charge < -0.3 is 10.1 Å². The summed E-state index contributed by atoms with van der Waals surface area (Å²) in [7, 11) is -4.01. The molecule has 0 saturated heterocycles. The number of ether oxygens (including phenoxy) is 1. The number of anilines is 1. The van der Waals surface area contributed by atoms with E-state index in [1.54, 1.807) is 6.07 Å². The van der Waals surface area contributed by atoms with Crippen LogP contribution in [0.4, 0.5) is 19.0 Å². The zero-order valence-corrected chi connectivity index (χ0v) is 20.1. The second-order valence-electron chi connectivity index (χ2n) is 8.51. The molecule has 0 unspecified atom stereocenters. The Morgan fingerprint density at radius 3 is 2.81 bits per heavy atom. The summed E-state index contributed by atoms with van der Waals surface area (Å²) in [6.07, 6.45) is 1.41. The van der Waals surface area contributed by atoms with Gasteiger partial charge in [-0.2, -0.15) is 13.5 Å². The number of halogens is 3. The number of nitrogens with two attached hydrogens (primary N) is 1. The van der Waals surface area contributed by atoms with Gasteiger partial charge in [0, 0.05) is 18.4 Å². The predicted molar refractivity (Wildman–Crippen MR) is 124 cm³/mol. The monoisotopic (exact) mass is 540 g/mol. The van der Waals surface area contributed by atoms with Gasteiger partial charge in [0.05, 0.1) is 18.7 Å². The van der Waals surface area contributed by atoms with Gasteiger partial charge in [0.15, 0.2) is 0 Å². The Bertz CT molecular complexity index is 1360. The number of carbonyl (C=O) groups excluding carboxylic acids is 1. The molecule has 3 N–H and O–H groups in total. The summed E-state index contributed by atoms with van der Waals surface area (Å²) in [4.78, 5) is 21.3. The number of hydrogen-bond donors (Lipinski definition) is 2. The van der Waals surface area contributed by atoms with Gasteiger partial charge >= 0.3 is 16.7 Å². The summed E-state index contributed by atoms with van der Waals surface area (Å²) in [6.45, 7) is 0.0953. The van der Waals surface area contributed by atoms with Crippen molar-refractivity contribution in [3.05, 3.63) is 65.9 Å². The molecule has 0 amide bonds. The topological polar surface area (TPSA) is 151 Å². The van der Waals surface area contributed by atoms with Gasteiger partial charge in [-0.25, -0.2) is 15.1 Å². The Morgan fingerprint density at radius 2 is 2.05 bits per heavy atom. The zero-order valence-electron chi connectivity index (χ0n) is 19.3. The van der Waals surface area contributed by atoms with Crippen molar-refractivity contribution in [2.75, 3.05) is 11.9 Å². The molecule has 0 spiro atoms. The maximum Gasteiger partial charge on any atom is 0.573 e. The highest BCUT2D eigenvalue weighted by atomic mass is 32.2. The van der Waals surface area contributed by atoms with Crippen molar-refractivity contribution >= 4 is 21.9 Å². The van der Waals surface area contributed by atoms with Crippen molar-refractivity contribution in [1.82, 2.24) is 19.7 Å². The molecule has 1 saturated carbocycles. The molecule has 1 aliphatic rings. The summed E-state index contributed by atoms with van der Waals surface area (Å²) in [6, 6.07) is 6.90. The third-order valence-corrected chi connectivity index (χ3v) is 6.12. The highest BCUT2D eigenvalue weighted by Gasteiger charge is 2.31. The lowest BCUT2D eigenvalue weighted by atomic mass is 10.1. The van der Waals surface area contributed by atoms with Crippen LogP contribution in [-0.2, 0) is 21.0 Å². The van der Waals surface area contributed by atoms with Crippen LogP contribution in [0, 0.1) is 5.92 Å². The number of alkyl halides is 3. The Balaban J connectivity index is 1.41. The van der Waals surface area contributed by atoms with Crippen LogP contribution < -0.4 is 15.2 Å². The first-order chi connectivity index (χ1) is 17.4. The van der Waals surface area contributed by atoms with Crippen molar-refractivity contribution in [2.45, 2.75) is 38.2 Å². The molecule has 11 nitrogen and oxygen atoms in total. The first-order valence-electron chi connectivity index (χ1n) is 11.1. The van der Waals surface area contributed by atoms with Gasteiger partial charge in [0.25, 0.3) is 0 Å². The summed E-state index contributed by atoms with van der Waals surface area (Å²) >= 11 is 0. The Morgan fingerprint density at radius 1 is 1.24 bits per heavy atom. The molecule has 15 heteroatoms. The van der Waals surface area contributed by atoms with Gasteiger partial charge in [0.1, 0.15) is 23.6 Å². The lowest BCUT2D eigenvalue weighted by Gasteiger charge is -2.15. The quantitative estimate of drug-likeness (QED) is 0.370. The fourth-order valence-corrected chi connectivity index (χ4v) is 4.47. The van der Waals surface area contributed by atoms with Crippen molar-refractivity contribution in [1.29, 1.82) is 0 Å². The standard InChI is InChI=1S/C22H23F3N6O5S/c23-22(24,25)36-17-3-1-2-14(9-17)11-31-7-6-19(30-31)20(32)18-10-27-13-28-21(18)29-16-5-4-15(8-16)12-35-37(26,33)34/h1-3,6-7,9-10,13,15-16H,4-5,8,11-12H2,(H2,26,33,34)(H,27,28,29)/t15-,16+/m1/s1. The SMILES string of the molecule is NS(=O)(=O)OC[C@@H]1CC[C@H](Nc2ncncc2C(=O)c2ccn(Cc3cccc(OC(F)(F)F)c3)n2)C1. The lowest BCUT2D eigenvalue weighted by Crippen LogP contribution is -2.22. The molecule has 4 rings (SSSR count). The number of hydrogen-bond acceptors (Lipinski definition) is 9. The Hall–Kier alpha value is -3.56. The normalized spacial score (nSPS) is 18.1. The minimum absolute atomic E-state index is 0.0186. The lowest BCUT2D eigenvalue weighted by molar-refractivity contribution is -0.274. The smallest absolute Gasteiger partial charge is 0.406 e. The van der Waals surface area contributed by atoms with Gasteiger partial charge in [0.2, 0.25) is 5.78 Å². The van der Waals surface area contributed by atoms with Crippen LogP contribution in [0.5, 0.6) is 5.75 Å². The number of nitrogens with one attached hydrogen (secondary N) is 1. The van der Waals surface area contributed by atoms with E-state index in [9.17, 15) is 26.4 Å². The molecule has 1 fully saturated rings. The molecule has 2 atom stereocenters. The van der Waals surface area contributed by atoms with Crippen LogP contribution in [0.15, 0.2) is 49.1 Å². The van der Waals surface area contributed by atoms with Gasteiger partial charge in [-0.15, -0.1) is 13.2 Å². The highest BCUT2D eigenvalue weighted by Crippen LogP contribution is 2.29. The van der Waals surface area contributed by atoms with Crippen molar-refractivity contribution in [3.8, 4) is 5.75 Å². The largest absolute Gasteiger partial charge is 0.573 e. The average molecular weight is 541 g/mol. The fourth-order valence-electron chi connectivity index (χ4n) is 4.09. The molecule has 0 bridgehead atoms. The van der Waals surface area contributed by atoms with Crippen LogP contribution in [-0.4, -0.2) is 53.0 Å². The highest BCUT2D eigenvalue weighted by molar-refractivity contribution is 7.84. The minimum Gasteiger partial charge on any atom is -0.406 e. The molecular weight excluding hydrogens is 517 g/mol. The van der Waals surface area contributed by atoms with Crippen LogP contribution in [0.2, 0.25) is 0 Å². The van der Waals surface area contributed by atoms with E-state index in [1.807, 2.05) is 0 Å². The van der Waals surface area contributed by atoms with Crippen molar-refractivity contribution in [3.63, 3.8) is 0 Å². The second kappa shape index (κ2) is 10.8. The molecule has 2 heterocycles. The van der Waals surface area contributed by atoms with E-state index >= 15 is 0 Å². The molecule has 198 valence electrons. The van der Waals surface area contributed by atoms with Crippen LogP contribution >= 0.6 is 0 Å². The summed E-state index contributed by atoms with van der Waals surface area (Å²) in [5.41, 5.74) is 0.792. The number of carbonyl (C=O) groups is 1. The molecule has 0 aliphatic heterocycles. The van der Waals surface area contributed by atoms with Gasteiger partial charge in [-0.3, -0.25) is 13.7 Å². The van der Waals surface area contributed by atoms with Crippen LogP contribution in [0.25, 0.3) is 0 Å². The van der Waals surface area contributed by atoms with Crippen molar-refractivity contribution < 1.29 is 35.3 Å². The van der Waals surface area contributed by atoms with E-state index < -0.39 is 22.4 Å². The molecule has 0 radical (unpaired) electrons. The van der Waals surface area contributed by atoms with Crippen LogP contribution in [0.1, 0.15) is 40.9 Å². The van der Waals surface area contributed by atoms with Gasteiger partial charge in [-0.05, 0) is 48.9 Å². The minimum atomic E-state index is -4.80. The second-order valence-corrected chi connectivity index (χ2v) is 9.73. The maximum atomic E-state index is 13.2. The Labute approximate surface area is 210 Å². The predicted octanol–water partition coefficient (Wildman–Crippen LogP) is 2.65. The molecule has 2 aromatic heterocycles. The average Bonchev–Trinajstić information content (AvgIpc) is 3.46. The van der Waals surface area contributed by atoms with E-state index in [0.29, 0.717) is 30.6 Å². The van der Waals surface area contributed by atoms with Crippen LogP contribution in [0.3, 0.4) is 0 Å². The third-order valence-electron chi connectivity index (χ3n) is 5.66.